The van der Waals surface area contributed by atoms with E-state index in [4.69, 9.17) is 0 Å². The van der Waals surface area contributed by atoms with Gasteiger partial charge in [-0.1, -0.05) is 49.8 Å². The molecule has 0 atom stereocenters. The lowest BCUT2D eigenvalue weighted by molar-refractivity contribution is -0.120. The molecule has 0 aliphatic rings. The molecule has 0 heterocycles. The number of amides is 1. The zero-order valence-corrected chi connectivity index (χ0v) is 9.78. The number of carbonyl (C=O) groups excluding carboxylic acids is 1. The summed E-state index contributed by atoms with van der Waals surface area (Å²) in [5, 5.41) is 2.77. The second-order valence-corrected chi connectivity index (χ2v) is 3.74. The van der Waals surface area contributed by atoms with Gasteiger partial charge in [0, 0.05) is 6.42 Å². The van der Waals surface area contributed by atoms with E-state index in [0.717, 1.165) is 19.3 Å². The lowest BCUT2D eigenvalue weighted by atomic mass is 10.1. The monoisotopic (exact) mass is 217 g/mol. The Bertz CT molecular complexity index is 330. The number of benzene rings is 1. The molecule has 2 nitrogen and oxygen atoms in total. The summed E-state index contributed by atoms with van der Waals surface area (Å²) in [6.07, 6.45) is 7.20. The van der Waals surface area contributed by atoms with Gasteiger partial charge in [-0.25, -0.2) is 0 Å². The summed E-state index contributed by atoms with van der Waals surface area (Å²) in [6, 6.07) is 10.1. The average Bonchev–Trinajstić information content (AvgIpc) is 2.33. The van der Waals surface area contributed by atoms with Gasteiger partial charge >= 0.3 is 0 Å². The van der Waals surface area contributed by atoms with Gasteiger partial charge in [-0.3, -0.25) is 4.79 Å². The number of rotatable bonds is 6. The van der Waals surface area contributed by atoms with Gasteiger partial charge in [-0.2, -0.15) is 0 Å². The molecule has 0 saturated carbocycles. The summed E-state index contributed by atoms with van der Waals surface area (Å²) in [6.45, 7) is 2.11. The third kappa shape index (κ3) is 5.35. The number of aryl methyl sites for hydroxylation is 1. The Labute approximate surface area is 97.4 Å². The number of hydrogen-bond acceptors (Lipinski definition) is 1. The predicted octanol–water partition coefficient (Wildman–Crippen LogP) is 3.05. The van der Waals surface area contributed by atoms with Crippen LogP contribution in [-0.4, -0.2) is 5.91 Å². The van der Waals surface area contributed by atoms with Crippen LogP contribution in [0.1, 0.15) is 31.7 Å². The van der Waals surface area contributed by atoms with E-state index in [-0.39, 0.29) is 5.91 Å². The highest BCUT2D eigenvalue weighted by atomic mass is 16.1. The van der Waals surface area contributed by atoms with Crippen molar-refractivity contribution >= 4 is 5.91 Å². The van der Waals surface area contributed by atoms with Crippen molar-refractivity contribution in [2.75, 3.05) is 0 Å². The highest BCUT2D eigenvalue weighted by Gasteiger charge is 1.98. The molecule has 0 unspecified atom stereocenters. The fourth-order valence-electron chi connectivity index (χ4n) is 1.38. The van der Waals surface area contributed by atoms with E-state index >= 15 is 0 Å². The third-order valence-electron chi connectivity index (χ3n) is 2.30. The van der Waals surface area contributed by atoms with Gasteiger partial charge in [-0.15, -0.1) is 0 Å². The topological polar surface area (TPSA) is 29.1 Å². The van der Waals surface area contributed by atoms with Gasteiger partial charge in [0.15, 0.2) is 0 Å². The molecule has 0 aliphatic carbocycles. The summed E-state index contributed by atoms with van der Waals surface area (Å²) < 4.78 is 0. The zero-order valence-electron chi connectivity index (χ0n) is 9.78. The Hall–Kier alpha value is -1.57. The summed E-state index contributed by atoms with van der Waals surface area (Å²) in [4.78, 5) is 11.4. The molecule has 1 amide bonds. The van der Waals surface area contributed by atoms with Crippen molar-refractivity contribution in [3.05, 3.63) is 48.2 Å². The van der Waals surface area contributed by atoms with Crippen LogP contribution in [0.5, 0.6) is 0 Å². The van der Waals surface area contributed by atoms with Crippen LogP contribution in [0, 0.1) is 0 Å². The smallest absolute Gasteiger partial charge is 0.224 e. The molecule has 1 aromatic rings. The minimum Gasteiger partial charge on any atom is -0.333 e. The molecule has 0 aromatic heterocycles. The normalized spacial score (nSPS) is 10.6. The second-order valence-electron chi connectivity index (χ2n) is 3.74. The molecule has 16 heavy (non-hydrogen) atoms. The Morgan fingerprint density at radius 2 is 2.06 bits per heavy atom. The van der Waals surface area contributed by atoms with Crippen LogP contribution >= 0.6 is 0 Å². The van der Waals surface area contributed by atoms with Crippen molar-refractivity contribution in [1.82, 2.24) is 5.32 Å². The largest absolute Gasteiger partial charge is 0.333 e. The van der Waals surface area contributed by atoms with Crippen LogP contribution in [0.25, 0.3) is 0 Å². The van der Waals surface area contributed by atoms with Crippen LogP contribution in [0.4, 0.5) is 0 Å². The van der Waals surface area contributed by atoms with Crippen molar-refractivity contribution in [2.24, 2.45) is 0 Å². The van der Waals surface area contributed by atoms with Crippen molar-refractivity contribution in [3.63, 3.8) is 0 Å². The molecule has 1 rings (SSSR count). The van der Waals surface area contributed by atoms with Crippen LogP contribution in [-0.2, 0) is 11.2 Å². The Balaban J connectivity index is 2.20. The first-order chi connectivity index (χ1) is 7.83. The Kier molecular flexibility index (Phi) is 6.00. The molecular formula is C14H19NO. The molecule has 0 fully saturated rings. The number of hydrogen-bond donors (Lipinski definition) is 1. The number of unbranched alkanes of at least 4 members (excludes halogenated alkanes) is 1. The number of allylic oxidation sites excluding steroid dienone is 1. The van der Waals surface area contributed by atoms with Gasteiger partial charge in [0.1, 0.15) is 0 Å². The van der Waals surface area contributed by atoms with E-state index < -0.39 is 0 Å². The van der Waals surface area contributed by atoms with Crippen LogP contribution in [0.3, 0.4) is 0 Å². The van der Waals surface area contributed by atoms with Gasteiger partial charge in [0.2, 0.25) is 5.91 Å². The second kappa shape index (κ2) is 7.69. The molecule has 0 radical (unpaired) electrons. The molecular weight excluding hydrogens is 198 g/mol. The first kappa shape index (κ1) is 12.5. The summed E-state index contributed by atoms with van der Waals surface area (Å²) in [7, 11) is 0. The van der Waals surface area contributed by atoms with E-state index in [2.05, 4.69) is 12.2 Å². The van der Waals surface area contributed by atoms with Gasteiger partial charge in [0.05, 0.1) is 0 Å². The van der Waals surface area contributed by atoms with Crippen molar-refractivity contribution < 1.29 is 4.79 Å². The Morgan fingerprint density at radius 1 is 1.31 bits per heavy atom. The van der Waals surface area contributed by atoms with Gasteiger partial charge in [-0.05, 0) is 24.6 Å². The predicted molar refractivity (Wildman–Crippen MR) is 67.0 cm³/mol. The molecule has 0 spiro atoms. The maximum Gasteiger partial charge on any atom is 0.224 e. The number of carbonyl (C=O) groups is 1. The van der Waals surface area contributed by atoms with Crippen molar-refractivity contribution in [3.8, 4) is 0 Å². The van der Waals surface area contributed by atoms with E-state index in [1.54, 1.807) is 6.20 Å². The van der Waals surface area contributed by atoms with Crippen LogP contribution < -0.4 is 5.32 Å². The molecule has 1 N–H and O–H groups in total. The highest BCUT2D eigenvalue weighted by molar-refractivity contribution is 5.77. The molecule has 2 heteroatoms. The van der Waals surface area contributed by atoms with Gasteiger partial charge < -0.3 is 5.32 Å². The van der Waals surface area contributed by atoms with Crippen LogP contribution in [0.15, 0.2) is 42.6 Å². The number of nitrogens with one attached hydrogen (secondary N) is 1. The van der Waals surface area contributed by atoms with Crippen LogP contribution in [0.2, 0.25) is 0 Å². The van der Waals surface area contributed by atoms with E-state index in [9.17, 15) is 4.79 Å². The lowest BCUT2D eigenvalue weighted by Crippen LogP contribution is -2.17. The maximum atomic E-state index is 11.4. The van der Waals surface area contributed by atoms with E-state index in [1.165, 1.54) is 5.56 Å². The average molecular weight is 217 g/mol. The third-order valence-corrected chi connectivity index (χ3v) is 2.30. The van der Waals surface area contributed by atoms with Gasteiger partial charge in [0.25, 0.3) is 0 Å². The zero-order chi connectivity index (χ0) is 11.6. The summed E-state index contributed by atoms with van der Waals surface area (Å²) >= 11 is 0. The standard InChI is InChI=1S/C14H19NO/c1-2-3-7-12-15-14(16)11-10-13-8-5-4-6-9-13/h4-9,12H,2-3,10-11H2,1H3,(H,15,16)/b12-7+. The fourth-order valence-corrected chi connectivity index (χ4v) is 1.38. The molecule has 86 valence electrons. The Morgan fingerprint density at radius 3 is 2.75 bits per heavy atom. The molecule has 0 saturated heterocycles. The first-order valence-corrected chi connectivity index (χ1v) is 5.81. The minimum atomic E-state index is 0.0798. The minimum absolute atomic E-state index is 0.0798. The van der Waals surface area contributed by atoms with Crippen molar-refractivity contribution in [2.45, 2.75) is 32.6 Å². The fraction of sp³-hybridized carbons (Fsp3) is 0.357. The van der Waals surface area contributed by atoms with E-state index in [0.29, 0.717) is 6.42 Å². The quantitative estimate of drug-likeness (QED) is 0.779. The molecule has 1 aromatic carbocycles. The summed E-state index contributed by atoms with van der Waals surface area (Å²) in [5.41, 5.74) is 1.20. The first-order valence-electron chi connectivity index (χ1n) is 5.81. The van der Waals surface area contributed by atoms with E-state index in [1.807, 2.05) is 36.4 Å². The molecule has 0 bridgehead atoms. The lowest BCUT2D eigenvalue weighted by Gasteiger charge is -2.00. The van der Waals surface area contributed by atoms with Crippen molar-refractivity contribution in [1.29, 1.82) is 0 Å². The SMILES string of the molecule is CCC/C=C/NC(=O)CCc1ccccc1. The summed E-state index contributed by atoms with van der Waals surface area (Å²) in [5.74, 6) is 0.0798. The highest BCUT2D eigenvalue weighted by Crippen LogP contribution is 2.01. The maximum absolute atomic E-state index is 11.4. The molecule has 0 aliphatic heterocycles.